The van der Waals surface area contributed by atoms with Crippen LogP contribution in [-0.4, -0.2) is 43.9 Å². The summed E-state index contributed by atoms with van der Waals surface area (Å²) in [6.07, 6.45) is 1.56. The van der Waals surface area contributed by atoms with Crippen molar-refractivity contribution in [2.24, 2.45) is 0 Å². The van der Waals surface area contributed by atoms with Gasteiger partial charge in [-0.3, -0.25) is 9.59 Å². The average Bonchev–Trinajstić information content (AvgIpc) is 2.82. The van der Waals surface area contributed by atoms with E-state index >= 15 is 0 Å². The van der Waals surface area contributed by atoms with Crippen LogP contribution >= 0.6 is 0 Å². The summed E-state index contributed by atoms with van der Waals surface area (Å²) >= 11 is 0. The molecule has 0 bridgehead atoms. The monoisotopic (exact) mass is 496 g/mol. The smallest absolute Gasteiger partial charge is 0.304 e. The number of nitrogens with zero attached hydrogens (tertiary/aromatic N) is 1. The lowest BCUT2D eigenvalue weighted by Crippen LogP contribution is -2.28. The third-order valence-electron chi connectivity index (χ3n) is 5.56. The van der Waals surface area contributed by atoms with Gasteiger partial charge < -0.3 is 20.5 Å². The number of rotatable bonds is 8. The van der Waals surface area contributed by atoms with E-state index in [-0.39, 0.29) is 40.2 Å². The van der Waals surface area contributed by atoms with Crippen molar-refractivity contribution in [3.63, 3.8) is 0 Å². The summed E-state index contributed by atoms with van der Waals surface area (Å²) in [5.74, 6) is -1.81. The summed E-state index contributed by atoms with van der Waals surface area (Å²) in [6.45, 7) is 3.84. The van der Waals surface area contributed by atoms with Gasteiger partial charge >= 0.3 is 10.2 Å². The predicted octanol–water partition coefficient (Wildman–Crippen LogP) is 3.83. The van der Waals surface area contributed by atoms with Gasteiger partial charge in [0.2, 0.25) is 0 Å². The lowest BCUT2D eigenvalue weighted by Gasteiger charge is -2.23. The standard InChI is InChI=1S/C25H21FN2O6S/c1-2-11-28(12-13-35(26,32)33)15-7-9-16(10-8-15)34-20-14-19(29)21-22(23(20)27)25(31)18-6-4-3-5-17(18)24(21)30/h2-10,14,29H,1,11-13,27H2. The normalized spacial score (nSPS) is 12.6. The highest BCUT2D eigenvalue weighted by Crippen LogP contribution is 2.42. The second-order valence-corrected chi connectivity index (χ2v) is 9.32. The van der Waals surface area contributed by atoms with Crippen molar-refractivity contribution in [3.05, 3.63) is 89.5 Å². The average molecular weight is 497 g/mol. The summed E-state index contributed by atoms with van der Waals surface area (Å²) < 4.78 is 40.5. The molecule has 0 spiro atoms. The van der Waals surface area contributed by atoms with E-state index in [2.05, 4.69) is 6.58 Å². The number of carbonyl (C=O) groups excluding carboxylic acids is 2. The zero-order valence-electron chi connectivity index (χ0n) is 18.4. The summed E-state index contributed by atoms with van der Waals surface area (Å²) in [4.78, 5) is 27.6. The number of ether oxygens (including phenoxy) is 1. The van der Waals surface area contributed by atoms with Crippen LogP contribution in [0.3, 0.4) is 0 Å². The lowest BCUT2D eigenvalue weighted by atomic mass is 9.82. The summed E-state index contributed by atoms with van der Waals surface area (Å²) in [6, 6.07) is 13.8. The molecule has 3 N–H and O–H groups in total. The largest absolute Gasteiger partial charge is 0.507 e. The van der Waals surface area contributed by atoms with E-state index in [9.17, 15) is 27.0 Å². The molecule has 0 radical (unpaired) electrons. The van der Waals surface area contributed by atoms with Gasteiger partial charge in [0.15, 0.2) is 17.3 Å². The van der Waals surface area contributed by atoms with Gasteiger partial charge in [0.05, 0.1) is 22.6 Å². The van der Waals surface area contributed by atoms with Crippen molar-refractivity contribution in [1.29, 1.82) is 0 Å². The Kier molecular flexibility index (Phi) is 6.31. The number of phenols is 1. The number of benzene rings is 3. The molecule has 0 heterocycles. The Bertz CT molecular complexity index is 1450. The van der Waals surface area contributed by atoms with E-state index in [0.717, 1.165) is 0 Å². The van der Waals surface area contributed by atoms with Crippen molar-refractivity contribution < 1.29 is 31.7 Å². The van der Waals surface area contributed by atoms with Crippen LogP contribution in [0.2, 0.25) is 0 Å². The highest BCUT2D eigenvalue weighted by molar-refractivity contribution is 7.86. The second kappa shape index (κ2) is 9.22. The molecular weight excluding hydrogens is 475 g/mol. The van der Waals surface area contributed by atoms with Crippen LogP contribution in [0.1, 0.15) is 31.8 Å². The molecule has 0 unspecified atom stereocenters. The number of hydrogen-bond donors (Lipinski definition) is 2. The second-order valence-electron chi connectivity index (χ2n) is 7.83. The van der Waals surface area contributed by atoms with Crippen LogP contribution in [0, 0.1) is 0 Å². The number of fused-ring (bicyclic) bond motifs is 2. The van der Waals surface area contributed by atoms with Crippen LogP contribution in [0.5, 0.6) is 17.2 Å². The third kappa shape index (κ3) is 4.73. The molecule has 0 aliphatic heterocycles. The SMILES string of the molecule is C=CCN(CCS(=O)(=O)F)c1ccc(Oc2cc(O)c3c(c2N)C(=O)c2ccccc2C3=O)cc1. The molecule has 8 nitrogen and oxygen atoms in total. The van der Waals surface area contributed by atoms with Gasteiger partial charge in [-0.2, -0.15) is 8.42 Å². The fourth-order valence-electron chi connectivity index (χ4n) is 3.91. The Morgan fingerprint density at radius 3 is 2.20 bits per heavy atom. The predicted molar refractivity (Wildman–Crippen MR) is 130 cm³/mol. The molecule has 10 heteroatoms. The maximum atomic E-state index is 13.1. The molecule has 0 saturated heterocycles. The van der Waals surface area contributed by atoms with Gasteiger partial charge in [-0.25, -0.2) is 0 Å². The fourth-order valence-corrected chi connectivity index (χ4v) is 4.35. The number of carbonyl (C=O) groups is 2. The van der Waals surface area contributed by atoms with Gasteiger partial charge in [-0.1, -0.05) is 30.3 Å². The Labute approximate surface area is 201 Å². The first kappa shape index (κ1) is 24.0. The van der Waals surface area contributed by atoms with E-state index in [0.29, 0.717) is 18.0 Å². The number of phenolic OH excluding ortho intramolecular Hbond substituents is 1. The molecule has 0 fully saturated rings. The Morgan fingerprint density at radius 1 is 1.03 bits per heavy atom. The number of ketones is 2. The first-order chi connectivity index (χ1) is 16.6. The molecule has 3 aromatic rings. The molecule has 180 valence electrons. The molecule has 1 aliphatic rings. The molecule has 0 saturated carbocycles. The molecule has 4 rings (SSSR count). The lowest BCUT2D eigenvalue weighted by molar-refractivity contribution is 0.0977. The van der Waals surface area contributed by atoms with Crippen molar-refractivity contribution in [2.75, 3.05) is 29.5 Å². The molecule has 1 aliphatic carbocycles. The Hall–Kier alpha value is -4.18. The number of aromatic hydroxyl groups is 1. The van der Waals surface area contributed by atoms with Crippen LogP contribution in [0.15, 0.2) is 67.3 Å². The number of hydrogen-bond acceptors (Lipinski definition) is 8. The summed E-state index contributed by atoms with van der Waals surface area (Å²) in [5, 5.41) is 10.5. The Balaban J connectivity index is 1.63. The van der Waals surface area contributed by atoms with Gasteiger partial charge in [0, 0.05) is 36.0 Å². The van der Waals surface area contributed by atoms with Crippen molar-refractivity contribution in [1.82, 2.24) is 0 Å². The summed E-state index contributed by atoms with van der Waals surface area (Å²) in [7, 11) is -4.63. The van der Waals surface area contributed by atoms with E-state index in [1.807, 2.05) is 0 Å². The maximum absolute atomic E-state index is 13.1. The first-order valence-corrected chi connectivity index (χ1v) is 12.1. The topological polar surface area (TPSA) is 127 Å². The minimum atomic E-state index is -4.63. The van der Waals surface area contributed by atoms with Crippen LogP contribution in [-0.2, 0) is 10.2 Å². The summed E-state index contributed by atoms with van der Waals surface area (Å²) in [5.41, 5.74) is 6.81. The first-order valence-electron chi connectivity index (χ1n) is 10.5. The van der Waals surface area contributed by atoms with E-state index in [1.54, 1.807) is 47.4 Å². The number of nitrogen functional groups attached to an aromatic ring is 1. The zero-order chi connectivity index (χ0) is 25.3. The highest BCUT2D eigenvalue weighted by atomic mass is 32.3. The quantitative estimate of drug-likeness (QED) is 0.163. The van der Waals surface area contributed by atoms with Crippen LogP contribution in [0.4, 0.5) is 15.3 Å². The fraction of sp³-hybridized carbons (Fsp3) is 0.120. The minimum Gasteiger partial charge on any atom is -0.507 e. The molecular formula is C25H21FN2O6S. The van der Waals surface area contributed by atoms with Crippen molar-refractivity contribution >= 4 is 33.2 Å². The third-order valence-corrected chi connectivity index (χ3v) is 6.23. The van der Waals surface area contributed by atoms with Crippen molar-refractivity contribution in [2.45, 2.75) is 0 Å². The molecule has 35 heavy (non-hydrogen) atoms. The number of nitrogens with two attached hydrogens (primary N) is 1. The molecule has 3 aromatic carbocycles. The van der Waals surface area contributed by atoms with Crippen LogP contribution in [0.25, 0.3) is 0 Å². The van der Waals surface area contributed by atoms with E-state index < -0.39 is 33.3 Å². The van der Waals surface area contributed by atoms with Gasteiger partial charge in [0.1, 0.15) is 11.5 Å². The minimum absolute atomic E-state index is 0.0130. The van der Waals surface area contributed by atoms with Gasteiger partial charge in [0.25, 0.3) is 0 Å². The Morgan fingerprint density at radius 2 is 1.63 bits per heavy atom. The molecule has 0 amide bonds. The highest BCUT2D eigenvalue weighted by Gasteiger charge is 2.35. The maximum Gasteiger partial charge on any atom is 0.304 e. The van der Waals surface area contributed by atoms with Gasteiger partial charge in [-0.15, -0.1) is 10.5 Å². The molecule has 0 atom stereocenters. The van der Waals surface area contributed by atoms with E-state index in [1.165, 1.54) is 18.2 Å². The van der Waals surface area contributed by atoms with Crippen molar-refractivity contribution in [3.8, 4) is 17.2 Å². The molecule has 0 aromatic heterocycles. The van der Waals surface area contributed by atoms with Gasteiger partial charge in [-0.05, 0) is 24.3 Å². The number of halogens is 1. The zero-order valence-corrected chi connectivity index (χ0v) is 19.2. The van der Waals surface area contributed by atoms with E-state index in [4.69, 9.17) is 10.5 Å². The van der Waals surface area contributed by atoms with Crippen LogP contribution < -0.4 is 15.4 Å². The number of anilines is 2.